The Balaban J connectivity index is 1.54. The van der Waals surface area contributed by atoms with E-state index in [1.54, 1.807) is 91.0 Å². The van der Waals surface area contributed by atoms with Crippen LogP contribution in [0.15, 0.2) is 121 Å². The van der Waals surface area contributed by atoms with Gasteiger partial charge >= 0.3 is 250 Å². The number of esters is 3. The van der Waals surface area contributed by atoms with Crippen molar-refractivity contribution in [3.8, 4) is 0 Å². The summed E-state index contributed by atoms with van der Waals surface area (Å²) in [7, 11) is 0. The minimum absolute atomic E-state index is 0.260. The predicted molar refractivity (Wildman–Crippen MR) is 155 cm³/mol. The Labute approximate surface area is 249 Å². The SMILES string of the molecule is O=C(O[C@@H]1[C@@H](OC(=O)c2ccccc2)[C@H]([Se]c2ccccc2)O[C@H](CO)[C@H]1OC(=O)c1ccccc1)c1ccccc1. The number of carbonyl (C=O) groups is 3. The Bertz CT molecular complexity index is 1470. The van der Waals surface area contributed by atoms with Crippen molar-refractivity contribution in [2.24, 2.45) is 0 Å². The molecule has 0 saturated carbocycles. The molecule has 1 aliphatic rings. The third-order valence-electron chi connectivity index (χ3n) is 6.52. The van der Waals surface area contributed by atoms with Gasteiger partial charge in [0.25, 0.3) is 0 Å². The molecule has 4 aromatic carbocycles. The Morgan fingerprint density at radius 1 is 0.571 bits per heavy atom. The second-order valence-electron chi connectivity index (χ2n) is 9.36. The summed E-state index contributed by atoms with van der Waals surface area (Å²) in [4.78, 5) is 39.9. The van der Waals surface area contributed by atoms with E-state index in [2.05, 4.69) is 0 Å². The van der Waals surface area contributed by atoms with Crippen molar-refractivity contribution in [1.29, 1.82) is 0 Å². The second kappa shape index (κ2) is 14.1. The first-order chi connectivity index (χ1) is 20.5. The van der Waals surface area contributed by atoms with Crippen LogP contribution in [-0.4, -0.2) is 74.0 Å². The van der Waals surface area contributed by atoms with Crippen molar-refractivity contribution >= 4 is 37.3 Å². The molecule has 1 saturated heterocycles. The number of rotatable bonds is 9. The molecule has 42 heavy (non-hydrogen) atoms. The molecule has 5 rings (SSSR count). The number of aliphatic hydroxyl groups excluding tert-OH is 1. The first-order valence-corrected chi connectivity index (χ1v) is 15.1. The van der Waals surface area contributed by atoms with Crippen molar-refractivity contribution in [2.45, 2.75) is 29.4 Å². The molecule has 214 valence electrons. The summed E-state index contributed by atoms with van der Waals surface area (Å²) in [6.45, 7) is -0.535. The number of benzene rings is 4. The van der Waals surface area contributed by atoms with Gasteiger partial charge in [0.05, 0.1) is 0 Å². The van der Waals surface area contributed by atoms with Crippen LogP contribution >= 0.6 is 0 Å². The fraction of sp³-hybridized carbons (Fsp3) is 0.182. The number of aliphatic hydroxyl groups is 1. The van der Waals surface area contributed by atoms with Gasteiger partial charge in [-0.25, -0.2) is 0 Å². The summed E-state index contributed by atoms with van der Waals surface area (Å²) in [6, 6.07) is 34.5. The molecule has 4 aromatic rings. The predicted octanol–water partition coefficient (Wildman–Crippen LogP) is 3.41. The van der Waals surface area contributed by atoms with E-state index in [1.807, 2.05) is 30.3 Å². The third-order valence-corrected chi connectivity index (χ3v) is 8.95. The minimum atomic E-state index is -1.29. The van der Waals surface area contributed by atoms with Crippen molar-refractivity contribution in [3.05, 3.63) is 138 Å². The van der Waals surface area contributed by atoms with E-state index >= 15 is 0 Å². The molecule has 5 atom stereocenters. The molecule has 1 heterocycles. The average molecular weight is 632 g/mol. The molecule has 0 spiro atoms. The van der Waals surface area contributed by atoms with Crippen molar-refractivity contribution in [2.75, 3.05) is 6.61 Å². The van der Waals surface area contributed by atoms with Gasteiger partial charge in [0.1, 0.15) is 0 Å². The molecule has 9 heteroatoms. The monoisotopic (exact) mass is 632 g/mol. The zero-order valence-corrected chi connectivity index (χ0v) is 24.1. The van der Waals surface area contributed by atoms with Gasteiger partial charge in [-0.2, -0.15) is 0 Å². The van der Waals surface area contributed by atoms with E-state index in [-0.39, 0.29) is 11.1 Å². The third kappa shape index (κ3) is 7.13. The maximum atomic E-state index is 13.4. The summed E-state index contributed by atoms with van der Waals surface area (Å²) < 4.78 is 25.1. The number of hydrogen-bond donors (Lipinski definition) is 1. The Morgan fingerprint density at radius 2 is 0.952 bits per heavy atom. The van der Waals surface area contributed by atoms with Crippen LogP contribution in [0.3, 0.4) is 0 Å². The fourth-order valence-corrected chi connectivity index (χ4v) is 6.81. The topological polar surface area (TPSA) is 108 Å². The van der Waals surface area contributed by atoms with Crippen molar-refractivity contribution in [3.63, 3.8) is 0 Å². The van der Waals surface area contributed by atoms with Gasteiger partial charge in [-0.05, 0) is 0 Å². The number of hydrogen-bond acceptors (Lipinski definition) is 8. The summed E-state index contributed by atoms with van der Waals surface area (Å²) in [5.41, 5.74) is 0.811. The van der Waals surface area contributed by atoms with Crippen molar-refractivity contribution in [1.82, 2.24) is 0 Å². The van der Waals surface area contributed by atoms with Crippen LogP contribution in [0.2, 0.25) is 0 Å². The number of ether oxygens (including phenoxy) is 4. The summed E-state index contributed by atoms with van der Waals surface area (Å²) in [5, 5.41) is 9.60. The van der Waals surface area contributed by atoms with E-state index < -0.39 is 68.9 Å². The van der Waals surface area contributed by atoms with E-state index in [9.17, 15) is 19.5 Å². The van der Waals surface area contributed by atoms with Crippen LogP contribution in [0.5, 0.6) is 0 Å². The zero-order chi connectivity index (χ0) is 29.3. The fourth-order valence-electron chi connectivity index (χ4n) is 4.45. The van der Waals surface area contributed by atoms with Crippen LogP contribution in [0.25, 0.3) is 0 Å². The number of carbonyl (C=O) groups excluding carboxylic acids is 3. The summed E-state index contributed by atoms with van der Waals surface area (Å²) >= 11 is -0.456. The molecule has 0 radical (unpaired) electrons. The van der Waals surface area contributed by atoms with E-state index in [1.165, 1.54) is 0 Å². The quantitative estimate of drug-likeness (QED) is 0.170. The Morgan fingerprint density at radius 3 is 1.38 bits per heavy atom. The second-order valence-corrected chi connectivity index (χ2v) is 11.8. The molecule has 8 nitrogen and oxygen atoms in total. The van der Waals surface area contributed by atoms with Crippen LogP contribution < -0.4 is 4.46 Å². The van der Waals surface area contributed by atoms with Gasteiger partial charge in [0, 0.05) is 0 Å². The van der Waals surface area contributed by atoms with Gasteiger partial charge in [0.15, 0.2) is 0 Å². The summed E-state index contributed by atoms with van der Waals surface area (Å²) in [5.74, 6) is -2.07. The average Bonchev–Trinajstić information content (AvgIpc) is 3.05. The molecule has 1 N–H and O–H groups in total. The van der Waals surface area contributed by atoms with E-state index in [0.29, 0.717) is 5.56 Å². The maximum absolute atomic E-state index is 13.4. The van der Waals surface area contributed by atoms with Crippen LogP contribution in [0.1, 0.15) is 31.1 Å². The summed E-state index contributed by atoms with van der Waals surface area (Å²) in [6.07, 6.45) is -4.80. The Hall–Kier alpha value is -4.27. The molecule has 0 bridgehead atoms. The van der Waals surface area contributed by atoms with Gasteiger partial charge < -0.3 is 0 Å². The molecule has 0 aliphatic carbocycles. The molecular formula is C33H28O8Se. The first kappa shape index (κ1) is 29.2. The molecular weight excluding hydrogens is 603 g/mol. The Kier molecular flexibility index (Phi) is 9.79. The normalized spacial score (nSPS) is 21.6. The van der Waals surface area contributed by atoms with Crippen molar-refractivity contribution < 1.29 is 38.4 Å². The molecule has 0 unspecified atom stereocenters. The van der Waals surface area contributed by atoms with E-state index in [4.69, 9.17) is 18.9 Å². The molecule has 0 amide bonds. The van der Waals surface area contributed by atoms with Gasteiger partial charge in [-0.15, -0.1) is 0 Å². The zero-order valence-electron chi connectivity index (χ0n) is 22.4. The van der Waals surface area contributed by atoms with E-state index in [0.717, 1.165) is 4.46 Å². The molecule has 0 aromatic heterocycles. The van der Waals surface area contributed by atoms with Gasteiger partial charge in [-0.3, -0.25) is 0 Å². The van der Waals surface area contributed by atoms with Gasteiger partial charge in [0.2, 0.25) is 0 Å². The van der Waals surface area contributed by atoms with Crippen LogP contribution in [0, 0.1) is 0 Å². The standard InChI is InChI=1S/C33H28O8Se/c34-21-26-27(39-30(35)22-13-5-1-6-14-22)28(40-31(36)23-15-7-2-8-16-23)29(41-32(37)24-17-9-3-10-18-24)33(38-26)42-25-19-11-4-12-20-25/h1-20,26-29,33-34H,21H2/t26-,27-,28+,29-,33+/m1/s1. The van der Waals surface area contributed by atoms with Crippen LogP contribution in [-0.2, 0) is 18.9 Å². The molecule has 1 aliphatic heterocycles. The van der Waals surface area contributed by atoms with Crippen LogP contribution in [0.4, 0.5) is 0 Å². The first-order valence-electron chi connectivity index (χ1n) is 13.3. The van der Waals surface area contributed by atoms with Gasteiger partial charge in [-0.1, -0.05) is 0 Å². The molecule has 1 fully saturated rings.